The number of nitrogens with zero attached hydrogens (tertiary/aromatic N) is 4. The van der Waals surface area contributed by atoms with E-state index in [1.807, 2.05) is 12.1 Å². The van der Waals surface area contributed by atoms with Crippen molar-refractivity contribution in [2.45, 2.75) is 11.4 Å². The van der Waals surface area contributed by atoms with E-state index in [1.54, 1.807) is 36.4 Å². The van der Waals surface area contributed by atoms with Gasteiger partial charge < -0.3 is 11.1 Å². The van der Waals surface area contributed by atoms with Crippen molar-refractivity contribution in [3.63, 3.8) is 0 Å². The minimum absolute atomic E-state index is 0.00597. The molecule has 3 N–H and O–H groups in total. The summed E-state index contributed by atoms with van der Waals surface area (Å²) in [7, 11) is -4.07. The lowest BCUT2D eigenvalue weighted by Crippen LogP contribution is -2.18. The number of fused-ring (bicyclic) bond motifs is 1. The predicted octanol–water partition coefficient (Wildman–Crippen LogP) is 2.91. The van der Waals surface area contributed by atoms with Crippen molar-refractivity contribution in [2.75, 3.05) is 11.1 Å². The Labute approximate surface area is 166 Å². The molecule has 2 aromatic carbocycles. The number of anilines is 2. The average Bonchev–Trinajstić information content (AvgIpc) is 3.08. The summed E-state index contributed by atoms with van der Waals surface area (Å²) >= 11 is 5.87. The molecule has 0 atom stereocenters. The molecule has 0 aliphatic carbocycles. The van der Waals surface area contributed by atoms with Crippen LogP contribution in [-0.4, -0.2) is 27.6 Å². The molecule has 2 heterocycles. The molecule has 4 aromatic rings. The standard InChI is InChI=1S/C18H15ClN6O2S/c19-14-8-6-12(7-9-14)11-22-18-23-17(20)25(24-18)28(26,27)15-5-1-3-13-4-2-10-21-16(13)15/h1-10H,11H2,(H3,20,22,23,24). The molecule has 28 heavy (non-hydrogen) atoms. The first-order valence-corrected chi connectivity index (χ1v) is 10.1. The van der Waals surface area contributed by atoms with Crippen molar-refractivity contribution in [3.8, 4) is 0 Å². The van der Waals surface area contributed by atoms with E-state index in [1.165, 1.54) is 12.3 Å². The lowest BCUT2D eigenvalue weighted by molar-refractivity contribution is 0.582. The summed E-state index contributed by atoms with van der Waals surface area (Å²) in [5.41, 5.74) is 7.10. The quantitative estimate of drug-likeness (QED) is 0.515. The van der Waals surface area contributed by atoms with E-state index in [9.17, 15) is 8.42 Å². The number of nitrogens with two attached hydrogens (primary N) is 1. The lowest BCUT2D eigenvalue weighted by atomic mass is 10.2. The van der Waals surface area contributed by atoms with Crippen LogP contribution in [0.2, 0.25) is 5.02 Å². The van der Waals surface area contributed by atoms with E-state index < -0.39 is 10.0 Å². The summed E-state index contributed by atoms with van der Waals surface area (Å²) in [6.07, 6.45) is 1.53. The summed E-state index contributed by atoms with van der Waals surface area (Å²) in [4.78, 5) is 8.20. The largest absolute Gasteiger partial charge is 0.367 e. The van der Waals surface area contributed by atoms with Gasteiger partial charge in [0.05, 0.1) is 5.52 Å². The fraction of sp³-hybridized carbons (Fsp3) is 0.0556. The Hall–Kier alpha value is -3.17. The van der Waals surface area contributed by atoms with E-state index in [0.717, 1.165) is 5.56 Å². The summed E-state index contributed by atoms with van der Waals surface area (Å²) in [6.45, 7) is 0.385. The van der Waals surface area contributed by atoms with Crippen LogP contribution in [-0.2, 0) is 16.6 Å². The fourth-order valence-corrected chi connectivity index (χ4v) is 4.17. The molecule has 0 aliphatic rings. The first-order valence-electron chi connectivity index (χ1n) is 8.25. The fourth-order valence-electron chi connectivity index (χ4n) is 2.72. The van der Waals surface area contributed by atoms with Crippen molar-refractivity contribution in [3.05, 3.63) is 71.4 Å². The Morgan fingerprint density at radius 1 is 1.07 bits per heavy atom. The van der Waals surface area contributed by atoms with Gasteiger partial charge in [-0.25, -0.2) is 0 Å². The van der Waals surface area contributed by atoms with Crippen molar-refractivity contribution in [1.82, 2.24) is 19.2 Å². The molecule has 0 saturated heterocycles. The maximum absolute atomic E-state index is 13.1. The zero-order valence-electron chi connectivity index (χ0n) is 14.4. The smallest absolute Gasteiger partial charge is 0.288 e. The van der Waals surface area contributed by atoms with Crippen LogP contribution in [0.1, 0.15) is 5.56 Å². The average molecular weight is 415 g/mol. The van der Waals surface area contributed by atoms with Gasteiger partial charge in [0.2, 0.25) is 11.9 Å². The molecule has 2 aromatic heterocycles. The Bertz CT molecular complexity index is 1250. The number of para-hydroxylation sites is 1. The third-order valence-corrected chi connectivity index (χ3v) is 5.93. The number of pyridine rings is 1. The predicted molar refractivity (Wildman–Crippen MR) is 108 cm³/mol. The number of hydrogen-bond acceptors (Lipinski definition) is 7. The number of nitrogens with one attached hydrogen (secondary N) is 1. The highest BCUT2D eigenvalue weighted by Gasteiger charge is 2.25. The molecular formula is C18H15ClN6O2S. The third-order valence-electron chi connectivity index (χ3n) is 4.07. The van der Waals surface area contributed by atoms with Gasteiger partial charge >= 0.3 is 0 Å². The van der Waals surface area contributed by atoms with Crippen LogP contribution in [0.25, 0.3) is 10.9 Å². The first-order chi connectivity index (χ1) is 13.4. The number of halogens is 1. The minimum atomic E-state index is -4.07. The van der Waals surface area contributed by atoms with Gasteiger partial charge in [0.25, 0.3) is 10.0 Å². The van der Waals surface area contributed by atoms with Crippen LogP contribution in [0.3, 0.4) is 0 Å². The first kappa shape index (κ1) is 18.2. The monoisotopic (exact) mass is 414 g/mol. The van der Waals surface area contributed by atoms with Gasteiger partial charge in [0.15, 0.2) is 0 Å². The highest BCUT2D eigenvalue weighted by atomic mass is 35.5. The number of nitrogen functional groups attached to an aromatic ring is 1. The Balaban J connectivity index is 1.66. The molecule has 0 unspecified atom stereocenters. The molecule has 0 aliphatic heterocycles. The zero-order chi connectivity index (χ0) is 19.7. The Kier molecular flexibility index (Phi) is 4.62. The molecule has 0 radical (unpaired) electrons. The van der Waals surface area contributed by atoms with Gasteiger partial charge in [0, 0.05) is 23.2 Å². The highest BCUT2D eigenvalue weighted by molar-refractivity contribution is 7.90. The van der Waals surface area contributed by atoms with Crippen LogP contribution in [0.5, 0.6) is 0 Å². The summed E-state index contributed by atoms with van der Waals surface area (Å²) < 4.78 is 26.9. The second-order valence-electron chi connectivity index (χ2n) is 5.95. The minimum Gasteiger partial charge on any atom is -0.367 e. The summed E-state index contributed by atoms with van der Waals surface area (Å²) in [5.74, 6) is -0.143. The molecule has 142 valence electrons. The molecule has 4 rings (SSSR count). The van der Waals surface area contributed by atoms with E-state index in [0.29, 0.717) is 26.6 Å². The molecule has 0 saturated carbocycles. The van der Waals surface area contributed by atoms with E-state index >= 15 is 0 Å². The Morgan fingerprint density at radius 3 is 2.61 bits per heavy atom. The van der Waals surface area contributed by atoms with Crippen LogP contribution in [0, 0.1) is 0 Å². The van der Waals surface area contributed by atoms with Crippen LogP contribution in [0.15, 0.2) is 65.7 Å². The zero-order valence-corrected chi connectivity index (χ0v) is 16.0. The SMILES string of the molecule is Nc1nc(NCc2ccc(Cl)cc2)nn1S(=O)(=O)c1cccc2cccnc12. The molecule has 0 amide bonds. The highest BCUT2D eigenvalue weighted by Crippen LogP contribution is 2.24. The normalized spacial score (nSPS) is 11.6. The van der Waals surface area contributed by atoms with Crippen molar-refractivity contribution in [1.29, 1.82) is 0 Å². The van der Waals surface area contributed by atoms with Gasteiger partial charge in [-0.05, 0) is 29.8 Å². The molecular weight excluding hydrogens is 400 g/mol. The molecule has 0 bridgehead atoms. The van der Waals surface area contributed by atoms with E-state index in [-0.39, 0.29) is 16.8 Å². The molecule has 0 spiro atoms. The van der Waals surface area contributed by atoms with Gasteiger partial charge in [0.1, 0.15) is 4.90 Å². The maximum atomic E-state index is 13.1. The van der Waals surface area contributed by atoms with Gasteiger partial charge in [-0.3, -0.25) is 4.98 Å². The molecule has 8 nitrogen and oxygen atoms in total. The van der Waals surface area contributed by atoms with E-state index in [4.69, 9.17) is 17.3 Å². The summed E-state index contributed by atoms with van der Waals surface area (Å²) in [6, 6.07) is 15.6. The Morgan fingerprint density at radius 2 is 1.82 bits per heavy atom. The van der Waals surface area contributed by atoms with Gasteiger partial charge in [-0.2, -0.15) is 13.4 Å². The van der Waals surface area contributed by atoms with Crippen molar-refractivity contribution < 1.29 is 8.42 Å². The second-order valence-corrected chi connectivity index (χ2v) is 8.13. The topological polar surface area (TPSA) is 116 Å². The number of rotatable bonds is 5. The third kappa shape index (κ3) is 3.37. The van der Waals surface area contributed by atoms with Gasteiger partial charge in [-0.15, -0.1) is 9.19 Å². The van der Waals surface area contributed by atoms with Crippen molar-refractivity contribution in [2.24, 2.45) is 0 Å². The number of aromatic nitrogens is 4. The summed E-state index contributed by atoms with van der Waals surface area (Å²) in [5, 5.41) is 8.31. The number of benzene rings is 2. The van der Waals surface area contributed by atoms with Crippen LogP contribution >= 0.6 is 11.6 Å². The molecule has 10 heteroatoms. The van der Waals surface area contributed by atoms with Crippen molar-refractivity contribution >= 4 is 44.4 Å². The maximum Gasteiger partial charge on any atom is 0.288 e. The van der Waals surface area contributed by atoms with Crippen LogP contribution < -0.4 is 11.1 Å². The molecule has 0 fully saturated rings. The van der Waals surface area contributed by atoms with Gasteiger partial charge in [-0.1, -0.05) is 41.9 Å². The van der Waals surface area contributed by atoms with E-state index in [2.05, 4.69) is 20.4 Å². The van der Waals surface area contributed by atoms with Crippen LogP contribution in [0.4, 0.5) is 11.9 Å². The number of hydrogen-bond donors (Lipinski definition) is 2. The second kappa shape index (κ2) is 7.10. The lowest BCUT2D eigenvalue weighted by Gasteiger charge is -2.07.